The molecule has 0 bridgehead atoms. The number of nitrogens with zero attached hydrogens (tertiary/aromatic N) is 1. The molecule has 0 radical (unpaired) electrons. The third-order valence-electron chi connectivity index (χ3n) is 5.86. The molecule has 4 N–H and O–H groups in total. The number of Topliss-reactive ketones (excluding diaryl/α,β-unsaturated/α-hetero) is 1. The molecule has 2 aliphatic rings. The zero-order valence-corrected chi connectivity index (χ0v) is 19.5. The van der Waals surface area contributed by atoms with Gasteiger partial charge in [-0.2, -0.15) is 0 Å². The summed E-state index contributed by atoms with van der Waals surface area (Å²) in [5, 5.41) is 7.71. The van der Waals surface area contributed by atoms with Gasteiger partial charge in [-0.15, -0.1) is 0 Å². The van der Waals surface area contributed by atoms with Crippen molar-refractivity contribution in [1.82, 2.24) is 20.3 Å². The van der Waals surface area contributed by atoms with Gasteiger partial charge in [0.25, 0.3) is 0 Å². The topological polar surface area (TPSA) is 134 Å². The van der Waals surface area contributed by atoms with Crippen molar-refractivity contribution < 1.29 is 23.5 Å². The SMILES string of the molecule is CCOC(=O)Oc1[nH]cc2c1NC1=C(C(=O)CNC1)C2c1ccc(Sc2nc3ccccc3[nH]2)o1. The number of ketones is 1. The zero-order valence-electron chi connectivity index (χ0n) is 18.6. The summed E-state index contributed by atoms with van der Waals surface area (Å²) in [5.41, 5.74) is 4.49. The van der Waals surface area contributed by atoms with Gasteiger partial charge in [0, 0.05) is 29.6 Å². The predicted octanol–water partition coefficient (Wildman–Crippen LogP) is 4.15. The van der Waals surface area contributed by atoms with E-state index in [0.29, 0.717) is 33.8 Å². The first kappa shape index (κ1) is 21.6. The Morgan fingerprint density at radius 2 is 2.11 bits per heavy atom. The lowest BCUT2D eigenvalue weighted by atomic mass is 9.82. The number of carbonyl (C=O) groups excluding carboxylic acids is 2. The number of para-hydroxylation sites is 2. The van der Waals surface area contributed by atoms with Crippen molar-refractivity contribution in [2.45, 2.75) is 23.1 Å². The van der Waals surface area contributed by atoms with E-state index >= 15 is 0 Å². The number of furan rings is 1. The number of fused-ring (bicyclic) bond motifs is 2. The van der Waals surface area contributed by atoms with Crippen LogP contribution in [0, 0.1) is 0 Å². The van der Waals surface area contributed by atoms with Crippen molar-refractivity contribution in [2.24, 2.45) is 0 Å². The number of nitrogens with one attached hydrogen (secondary N) is 4. The number of imidazole rings is 1. The molecular formula is C24H21N5O5S. The van der Waals surface area contributed by atoms with Crippen LogP contribution < -0.4 is 15.4 Å². The van der Waals surface area contributed by atoms with Gasteiger partial charge in [0.2, 0.25) is 5.88 Å². The molecule has 0 aliphatic carbocycles. The quantitative estimate of drug-likeness (QED) is 0.304. The summed E-state index contributed by atoms with van der Waals surface area (Å²) >= 11 is 1.37. The third kappa shape index (κ3) is 3.88. The number of ether oxygens (including phenoxy) is 2. The van der Waals surface area contributed by atoms with Gasteiger partial charge in [-0.3, -0.25) is 4.79 Å². The molecule has 3 aromatic heterocycles. The number of aromatic amines is 2. The van der Waals surface area contributed by atoms with E-state index in [-0.39, 0.29) is 24.8 Å². The monoisotopic (exact) mass is 491 g/mol. The number of hydrogen-bond donors (Lipinski definition) is 4. The normalized spacial score (nSPS) is 17.2. The van der Waals surface area contributed by atoms with Gasteiger partial charge in [0.15, 0.2) is 16.0 Å². The molecule has 1 unspecified atom stereocenters. The highest BCUT2D eigenvalue weighted by Gasteiger charge is 2.39. The maximum Gasteiger partial charge on any atom is 0.515 e. The van der Waals surface area contributed by atoms with Crippen LogP contribution in [0.1, 0.15) is 24.2 Å². The molecule has 6 rings (SSSR count). The summed E-state index contributed by atoms with van der Waals surface area (Å²) in [6, 6.07) is 11.5. The summed E-state index contributed by atoms with van der Waals surface area (Å²) in [4.78, 5) is 35.7. The third-order valence-corrected chi connectivity index (χ3v) is 6.67. The van der Waals surface area contributed by atoms with E-state index in [1.165, 1.54) is 11.8 Å². The van der Waals surface area contributed by atoms with E-state index < -0.39 is 12.1 Å². The molecule has 1 atom stereocenters. The summed E-state index contributed by atoms with van der Waals surface area (Å²) in [5.74, 6) is 0.343. The minimum absolute atomic E-state index is 0.0219. The average Bonchev–Trinajstić information content (AvgIpc) is 3.57. The van der Waals surface area contributed by atoms with E-state index in [4.69, 9.17) is 13.9 Å². The number of hydrogen-bond acceptors (Lipinski definition) is 9. The van der Waals surface area contributed by atoms with Gasteiger partial charge in [-0.1, -0.05) is 12.1 Å². The molecule has 2 aliphatic heterocycles. The molecule has 11 heteroatoms. The first-order chi connectivity index (χ1) is 17.1. The second-order valence-corrected chi connectivity index (χ2v) is 9.02. The number of H-pyrrole nitrogens is 2. The number of aromatic nitrogens is 3. The second-order valence-electron chi connectivity index (χ2n) is 8.03. The molecule has 0 spiro atoms. The Bertz CT molecular complexity index is 1450. The summed E-state index contributed by atoms with van der Waals surface area (Å²) < 4.78 is 16.5. The number of rotatable bonds is 5. The Labute approximate surface area is 203 Å². The van der Waals surface area contributed by atoms with Gasteiger partial charge in [0.1, 0.15) is 11.4 Å². The Morgan fingerprint density at radius 3 is 2.97 bits per heavy atom. The van der Waals surface area contributed by atoms with Crippen molar-refractivity contribution >= 4 is 40.4 Å². The van der Waals surface area contributed by atoms with Gasteiger partial charge < -0.3 is 34.5 Å². The van der Waals surface area contributed by atoms with Crippen LogP contribution in [0.2, 0.25) is 0 Å². The van der Waals surface area contributed by atoms with Crippen molar-refractivity contribution in [1.29, 1.82) is 0 Å². The van der Waals surface area contributed by atoms with E-state index in [1.54, 1.807) is 13.1 Å². The van der Waals surface area contributed by atoms with Crippen molar-refractivity contribution in [2.75, 3.05) is 25.0 Å². The lowest BCUT2D eigenvalue weighted by Crippen LogP contribution is -2.39. The van der Waals surface area contributed by atoms with Crippen molar-refractivity contribution in [3.8, 4) is 5.88 Å². The average molecular weight is 492 g/mol. The van der Waals surface area contributed by atoms with Crippen LogP contribution in [0.15, 0.2) is 68.5 Å². The van der Waals surface area contributed by atoms with E-state index in [1.807, 2.05) is 36.4 Å². The zero-order chi connectivity index (χ0) is 23.9. The molecule has 1 aromatic carbocycles. The van der Waals surface area contributed by atoms with Gasteiger partial charge in [-0.05, 0) is 43.0 Å². The fourth-order valence-corrected chi connectivity index (χ4v) is 5.18. The minimum atomic E-state index is -0.810. The fourth-order valence-electron chi connectivity index (χ4n) is 4.41. The van der Waals surface area contributed by atoms with Crippen LogP contribution in [0.25, 0.3) is 11.0 Å². The highest BCUT2D eigenvalue weighted by molar-refractivity contribution is 7.99. The molecular weight excluding hydrogens is 470 g/mol. The Kier molecular flexibility index (Phi) is 5.34. The standard InChI is InChI=1S/C24H21N5O5S/c1-2-32-24(31)34-22-21-12(9-26-22)19(20-15(27-21)10-25-11-16(20)30)17-7-8-18(33-17)35-23-28-13-5-3-4-6-14(13)29-23/h3-9,19,25-27H,2,10-11H2,1H3,(H,28,29). The van der Waals surface area contributed by atoms with Crippen LogP contribution in [0.5, 0.6) is 5.88 Å². The lowest BCUT2D eigenvalue weighted by molar-refractivity contribution is -0.115. The smallest absolute Gasteiger partial charge is 0.453 e. The Hall–Kier alpha value is -3.96. The molecule has 178 valence electrons. The summed E-state index contributed by atoms with van der Waals surface area (Å²) in [6.07, 6.45) is 0.908. The molecule has 0 fully saturated rings. The largest absolute Gasteiger partial charge is 0.515 e. The lowest BCUT2D eigenvalue weighted by Gasteiger charge is -2.31. The van der Waals surface area contributed by atoms with Crippen molar-refractivity contribution in [3.63, 3.8) is 0 Å². The first-order valence-electron chi connectivity index (χ1n) is 11.1. The Morgan fingerprint density at radius 1 is 1.23 bits per heavy atom. The molecule has 4 aromatic rings. The predicted molar refractivity (Wildman–Crippen MR) is 128 cm³/mol. The summed E-state index contributed by atoms with van der Waals surface area (Å²) in [7, 11) is 0. The fraction of sp³-hybridized carbons (Fsp3) is 0.208. The number of benzene rings is 1. The Balaban J connectivity index is 1.35. The molecule has 10 nitrogen and oxygen atoms in total. The van der Waals surface area contributed by atoms with Crippen molar-refractivity contribution in [3.05, 3.63) is 65.2 Å². The highest BCUT2D eigenvalue weighted by atomic mass is 32.2. The summed E-state index contributed by atoms with van der Waals surface area (Å²) in [6.45, 7) is 2.62. The van der Waals surface area contributed by atoms with E-state index in [0.717, 1.165) is 22.3 Å². The highest BCUT2D eigenvalue weighted by Crippen LogP contribution is 2.47. The number of carbonyl (C=O) groups is 2. The van der Waals surface area contributed by atoms with E-state index in [2.05, 4.69) is 25.6 Å². The number of anilines is 1. The second kappa shape index (κ2) is 8.67. The molecule has 35 heavy (non-hydrogen) atoms. The van der Waals surface area contributed by atoms with Crippen LogP contribution >= 0.6 is 11.8 Å². The van der Waals surface area contributed by atoms with Crippen LogP contribution in [-0.2, 0) is 9.53 Å². The van der Waals surface area contributed by atoms with Crippen LogP contribution in [0.4, 0.5) is 10.5 Å². The van der Waals surface area contributed by atoms with Gasteiger partial charge >= 0.3 is 6.16 Å². The van der Waals surface area contributed by atoms with Crippen LogP contribution in [-0.4, -0.2) is 46.6 Å². The van der Waals surface area contributed by atoms with Crippen LogP contribution in [0.3, 0.4) is 0 Å². The molecule has 5 heterocycles. The maximum atomic E-state index is 13.0. The molecule has 0 amide bonds. The molecule has 0 saturated heterocycles. The van der Waals surface area contributed by atoms with Gasteiger partial charge in [0.05, 0.1) is 30.1 Å². The molecule has 0 saturated carbocycles. The maximum absolute atomic E-state index is 13.0. The minimum Gasteiger partial charge on any atom is -0.453 e. The van der Waals surface area contributed by atoms with E-state index in [9.17, 15) is 9.59 Å². The van der Waals surface area contributed by atoms with Gasteiger partial charge in [-0.25, -0.2) is 9.78 Å². The first-order valence-corrected chi connectivity index (χ1v) is 11.9.